The minimum atomic E-state index is 0.0334. The number of methoxy groups -OCH3 is 1. The molecule has 5 heteroatoms. The Balaban J connectivity index is 2.30. The van der Waals surface area contributed by atoms with Gasteiger partial charge in [0.25, 0.3) is 0 Å². The molecule has 1 rings (SSSR count). The Hall–Kier alpha value is -0.320. The first-order valence-corrected chi connectivity index (χ1v) is 6.16. The molecule has 2 atom stereocenters. The molecule has 1 aliphatic heterocycles. The summed E-state index contributed by atoms with van der Waals surface area (Å²) in [6.07, 6.45) is 1.03. The van der Waals surface area contributed by atoms with E-state index in [2.05, 4.69) is 6.92 Å². The zero-order valence-electron chi connectivity index (χ0n) is 9.95. The van der Waals surface area contributed by atoms with Crippen LogP contribution in [-0.2, 0) is 14.3 Å². The monoisotopic (exact) mass is 249 g/mol. The Kier molecular flexibility index (Phi) is 6.09. The standard InChI is InChI=1S/C11H20ClNO3/c1-9-3-4-13(10(9)7-12)11(14)8-16-6-5-15-2/h9-10H,3-8H2,1-2H3. The van der Waals surface area contributed by atoms with Crippen molar-refractivity contribution in [1.82, 2.24) is 4.90 Å². The second kappa shape index (κ2) is 7.09. The summed E-state index contributed by atoms with van der Waals surface area (Å²) in [6.45, 7) is 4.03. The minimum Gasteiger partial charge on any atom is -0.382 e. The summed E-state index contributed by atoms with van der Waals surface area (Å²) in [5.74, 6) is 1.02. The molecule has 0 N–H and O–H groups in total. The molecule has 1 saturated heterocycles. The third-order valence-corrected chi connectivity index (χ3v) is 3.33. The molecular formula is C11H20ClNO3. The molecule has 1 amide bonds. The number of halogens is 1. The Morgan fingerprint density at radius 3 is 2.88 bits per heavy atom. The van der Waals surface area contributed by atoms with Gasteiger partial charge in [0.2, 0.25) is 5.91 Å². The van der Waals surface area contributed by atoms with Gasteiger partial charge >= 0.3 is 0 Å². The zero-order chi connectivity index (χ0) is 12.0. The average molecular weight is 250 g/mol. The van der Waals surface area contributed by atoms with Crippen molar-refractivity contribution in [3.05, 3.63) is 0 Å². The summed E-state index contributed by atoms with van der Waals surface area (Å²) < 4.78 is 10.1. The molecule has 0 aliphatic carbocycles. The van der Waals surface area contributed by atoms with Gasteiger partial charge in [0.05, 0.1) is 13.2 Å². The molecule has 0 aromatic rings. The van der Waals surface area contributed by atoms with Crippen LogP contribution < -0.4 is 0 Å². The first-order valence-electron chi connectivity index (χ1n) is 5.62. The number of rotatable bonds is 6. The lowest BCUT2D eigenvalue weighted by Gasteiger charge is -2.25. The molecule has 94 valence electrons. The molecular weight excluding hydrogens is 230 g/mol. The molecule has 0 aromatic heterocycles. The topological polar surface area (TPSA) is 38.8 Å². The normalized spacial score (nSPS) is 25.1. The highest BCUT2D eigenvalue weighted by Crippen LogP contribution is 2.24. The number of carbonyl (C=O) groups is 1. The smallest absolute Gasteiger partial charge is 0.248 e. The summed E-state index contributed by atoms with van der Waals surface area (Å²) in [4.78, 5) is 13.7. The molecule has 2 unspecified atom stereocenters. The van der Waals surface area contributed by atoms with Crippen molar-refractivity contribution in [3.8, 4) is 0 Å². The Morgan fingerprint density at radius 2 is 2.25 bits per heavy atom. The zero-order valence-corrected chi connectivity index (χ0v) is 10.7. The molecule has 0 saturated carbocycles. The fourth-order valence-corrected chi connectivity index (χ4v) is 2.41. The number of hydrogen-bond acceptors (Lipinski definition) is 3. The van der Waals surface area contributed by atoms with E-state index in [0.29, 0.717) is 25.0 Å². The van der Waals surface area contributed by atoms with Crippen LogP contribution in [0.2, 0.25) is 0 Å². The van der Waals surface area contributed by atoms with Gasteiger partial charge in [-0.05, 0) is 12.3 Å². The number of ether oxygens (including phenoxy) is 2. The van der Waals surface area contributed by atoms with Crippen LogP contribution in [-0.4, -0.2) is 56.2 Å². The number of alkyl halides is 1. The maximum Gasteiger partial charge on any atom is 0.248 e. The van der Waals surface area contributed by atoms with Gasteiger partial charge in [-0.1, -0.05) is 6.92 Å². The van der Waals surface area contributed by atoms with Crippen LogP contribution in [0.3, 0.4) is 0 Å². The molecule has 0 spiro atoms. The number of amides is 1. The maximum atomic E-state index is 11.8. The van der Waals surface area contributed by atoms with Crippen molar-refractivity contribution in [1.29, 1.82) is 0 Å². The van der Waals surface area contributed by atoms with E-state index in [-0.39, 0.29) is 18.6 Å². The van der Waals surface area contributed by atoms with Gasteiger partial charge in [0, 0.05) is 25.6 Å². The lowest BCUT2D eigenvalue weighted by Crippen LogP contribution is -2.40. The van der Waals surface area contributed by atoms with Gasteiger partial charge in [-0.25, -0.2) is 0 Å². The predicted molar refractivity (Wildman–Crippen MR) is 62.7 cm³/mol. The molecule has 1 heterocycles. The number of hydrogen-bond donors (Lipinski definition) is 0. The lowest BCUT2D eigenvalue weighted by molar-refractivity contribution is -0.137. The van der Waals surface area contributed by atoms with Crippen LogP contribution in [0.15, 0.2) is 0 Å². The fraction of sp³-hybridized carbons (Fsp3) is 0.909. The average Bonchev–Trinajstić information content (AvgIpc) is 2.65. The summed E-state index contributed by atoms with van der Waals surface area (Å²) in [7, 11) is 1.61. The number of likely N-dealkylation sites (tertiary alicyclic amines) is 1. The van der Waals surface area contributed by atoms with E-state index in [1.807, 2.05) is 4.90 Å². The van der Waals surface area contributed by atoms with Crippen molar-refractivity contribution < 1.29 is 14.3 Å². The Bertz CT molecular complexity index is 225. The molecule has 16 heavy (non-hydrogen) atoms. The summed E-state index contributed by atoms with van der Waals surface area (Å²) >= 11 is 5.87. The highest BCUT2D eigenvalue weighted by molar-refractivity contribution is 6.18. The third-order valence-electron chi connectivity index (χ3n) is 3.02. The van der Waals surface area contributed by atoms with Gasteiger partial charge in [0.1, 0.15) is 6.61 Å². The minimum absolute atomic E-state index is 0.0334. The van der Waals surface area contributed by atoms with E-state index in [1.165, 1.54) is 0 Å². The SMILES string of the molecule is COCCOCC(=O)N1CCC(C)C1CCl. The summed E-state index contributed by atoms with van der Waals surface area (Å²) in [5, 5.41) is 0. The van der Waals surface area contributed by atoms with E-state index < -0.39 is 0 Å². The molecule has 0 bridgehead atoms. The molecule has 0 radical (unpaired) electrons. The van der Waals surface area contributed by atoms with Crippen molar-refractivity contribution in [2.45, 2.75) is 19.4 Å². The van der Waals surface area contributed by atoms with Crippen LogP contribution >= 0.6 is 11.6 Å². The van der Waals surface area contributed by atoms with Crippen LogP contribution in [0, 0.1) is 5.92 Å². The molecule has 1 fully saturated rings. The van der Waals surface area contributed by atoms with Crippen molar-refractivity contribution in [2.75, 3.05) is 39.4 Å². The van der Waals surface area contributed by atoms with Crippen molar-refractivity contribution in [3.63, 3.8) is 0 Å². The molecule has 1 aliphatic rings. The van der Waals surface area contributed by atoms with Crippen LogP contribution in [0.25, 0.3) is 0 Å². The number of carbonyl (C=O) groups excluding carboxylic acids is 1. The molecule has 0 aromatic carbocycles. The Morgan fingerprint density at radius 1 is 1.50 bits per heavy atom. The van der Waals surface area contributed by atoms with E-state index in [1.54, 1.807) is 7.11 Å². The van der Waals surface area contributed by atoms with Gasteiger partial charge in [-0.15, -0.1) is 11.6 Å². The quantitative estimate of drug-likeness (QED) is 0.523. The highest BCUT2D eigenvalue weighted by Gasteiger charge is 2.33. The first-order chi connectivity index (χ1) is 7.70. The van der Waals surface area contributed by atoms with E-state index >= 15 is 0 Å². The summed E-state index contributed by atoms with van der Waals surface area (Å²) in [5.41, 5.74) is 0. The maximum absolute atomic E-state index is 11.8. The summed E-state index contributed by atoms with van der Waals surface area (Å²) in [6, 6.07) is 0.167. The van der Waals surface area contributed by atoms with E-state index in [9.17, 15) is 4.79 Å². The Labute approximate surface area is 102 Å². The second-order valence-electron chi connectivity index (χ2n) is 4.12. The van der Waals surface area contributed by atoms with Gasteiger partial charge in [0.15, 0.2) is 0 Å². The van der Waals surface area contributed by atoms with Gasteiger partial charge in [-0.3, -0.25) is 4.79 Å². The van der Waals surface area contributed by atoms with Gasteiger partial charge in [-0.2, -0.15) is 0 Å². The van der Waals surface area contributed by atoms with E-state index in [0.717, 1.165) is 13.0 Å². The van der Waals surface area contributed by atoms with Crippen LogP contribution in [0.4, 0.5) is 0 Å². The fourth-order valence-electron chi connectivity index (χ4n) is 1.94. The van der Waals surface area contributed by atoms with Crippen LogP contribution in [0.5, 0.6) is 0 Å². The molecule has 4 nitrogen and oxygen atoms in total. The van der Waals surface area contributed by atoms with Crippen molar-refractivity contribution >= 4 is 17.5 Å². The van der Waals surface area contributed by atoms with E-state index in [4.69, 9.17) is 21.1 Å². The highest BCUT2D eigenvalue weighted by atomic mass is 35.5. The second-order valence-corrected chi connectivity index (χ2v) is 4.43. The third kappa shape index (κ3) is 3.61. The number of nitrogens with zero attached hydrogens (tertiary/aromatic N) is 1. The largest absolute Gasteiger partial charge is 0.382 e. The lowest BCUT2D eigenvalue weighted by atomic mass is 10.1. The van der Waals surface area contributed by atoms with Gasteiger partial charge < -0.3 is 14.4 Å². The predicted octanol–water partition coefficient (Wildman–Crippen LogP) is 1.13. The van der Waals surface area contributed by atoms with Crippen LogP contribution in [0.1, 0.15) is 13.3 Å². The first kappa shape index (κ1) is 13.7. The van der Waals surface area contributed by atoms with Crippen molar-refractivity contribution in [2.24, 2.45) is 5.92 Å².